The van der Waals surface area contributed by atoms with Gasteiger partial charge in [-0.15, -0.1) is 0 Å². The topological polar surface area (TPSA) is 58.5 Å². The highest BCUT2D eigenvalue weighted by Crippen LogP contribution is 2.03. The summed E-state index contributed by atoms with van der Waals surface area (Å²) in [5.41, 5.74) is 1.13. The van der Waals surface area contributed by atoms with Crippen LogP contribution in [-0.4, -0.2) is 20.4 Å². The number of sulfonamides is 1. The van der Waals surface area contributed by atoms with Crippen molar-refractivity contribution in [2.24, 2.45) is 5.10 Å². The summed E-state index contributed by atoms with van der Waals surface area (Å²) in [5.74, 6) is -0.345. The lowest BCUT2D eigenvalue weighted by atomic mass is 10.1. The standard InChI is InChI=1S/C9H11FN2O2S/c1-7(11-12-15(2,13)14)8-3-5-9(10)6-4-8/h3-6,12H,1-2H3/b11-7+. The van der Waals surface area contributed by atoms with Gasteiger partial charge >= 0.3 is 0 Å². The molecule has 1 aromatic rings. The summed E-state index contributed by atoms with van der Waals surface area (Å²) >= 11 is 0. The molecule has 0 amide bonds. The van der Waals surface area contributed by atoms with Crippen LogP contribution in [0.1, 0.15) is 12.5 Å². The number of benzene rings is 1. The monoisotopic (exact) mass is 230 g/mol. The fourth-order valence-electron chi connectivity index (χ4n) is 0.907. The van der Waals surface area contributed by atoms with Gasteiger partial charge in [0.2, 0.25) is 10.0 Å². The maximum Gasteiger partial charge on any atom is 0.244 e. The molecule has 0 aliphatic rings. The first-order valence-corrected chi connectivity index (χ1v) is 6.04. The maximum absolute atomic E-state index is 12.6. The molecular formula is C9H11FN2O2S. The quantitative estimate of drug-likeness (QED) is 0.624. The van der Waals surface area contributed by atoms with Gasteiger partial charge in [0.1, 0.15) is 5.82 Å². The van der Waals surface area contributed by atoms with E-state index in [1.165, 1.54) is 24.3 Å². The molecule has 0 heterocycles. The van der Waals surface area contributed by atoms with Crippen LogP contribution in [0.2, 0.25) is 0 Å². The highest BCUT2D eigenvalue weighted by molar-refractivity contribution is 7.88. The number of hydrogen-bond donors (Lipinski definition) is 1. The molecule has 0 bridgehead atoms. The first kappa shape index (κ1) is 11.6. The van der Waals surface area contributed by atoms with Crippen LogP contribution < -0.4 is 4.83 Å². The second kappa shape index (κ2) is 4.39. The first-order valence-electron chi connectivity index (χ1n) is 4.15. The summed E-state index contributed by atoms with van der Waals surface area (Å²) < 4.78 is 34.1. The van der Waals surface area contributed by atoms with Gasteiger partial charge in [-0.25, -0.2) is 17.6 Å². The normalized spacial score (nSPS) is 12.6. The van der Waals surface area contributed by atoms with Gasteiger partial charge in [0.15, 0.2) is 0 Å². The molecular weight excluding hydrogens is 219 g/mol. The van der Waals surface area contributed by atoms with Crippen LogP contribution in [0, 0.1) is 5.82 Å². The van der Waals surface area contributed by atoms with Gasteiger partial charge < -0.3 is 0 Å². The largest absolute Gasteiger partial charge is 0.244 e. The third-order valence-corrected chi connectivity index (χ3v) is 2.06. The van der Waals surface area contributed by atoms with Gasteiger partial charge in [0, 0.05) is 0 Å². The van der Waals surface area contributed by atoms with E-state index in [9.17, 15) is 12.8 Å². The Morgan fingerprint density at radius 2 is 1.87 bits per heavy atom. The van der Waals surface area contributed by atoms with E-state index >= 15 is 0 Å². The number of rotatable bonds is 3. The van der Waals surface area contributed by atoms with Gasteiger partial charge in [0.25, 0.3) is 0 Å². The van der Waals surface area contributed by atoms with Crippen LogP contribution in [-0.2, 0) is 10.0 Å². The van der Waals surface area contributed by atoms with E-state index in [0.717, 1.165) is 6.26 Å². The Labute approximate surface area is 87.9 Å². The molecule has 82 valence electrons. The van der Waals surface area contributed by atoms with Gasteiger partial charge in [-0.05, 0) is 24.6 Å². The molecule has 1 N–H and O–H groups in total. The maximum atomic E-state index is 12.6. The molecule has 0 aliphatic carbocycles. The van der Waals surface area contributed by atoms with Crippen molar-refractivity contribution >= 4 is 15.7 Å². The van der Waals surface area contributed by atoms with Crippen molar-refractivity contribution in [1.82, 2.24) is 4.83 Å². The minimum Gasteiger partial charge on any atom is -0.207 e. The third kappa shape index (κ3) is 4.07. The molecule has 0 saturated carbocycles. The number of nitrogens with zero attached hydrogens (tertiary/aromatic N) is 1. The van der Waals surface area contributed by atoms with E-state index in [4.69, 9.17) is 0 Å². The van der Waals surface area contributed by atoms with Crippen LogP contribution in [0.15, 0.2) is 29.4 Å². The zero-order valence-electron chi connectivity index (χ0n) is 8.36. The Balaban J connectivity index is 2.85. The third-order valence-electron chi connectivity index (χ3n) is 1.64. The zero-order valence-corrected chi connectivity index (χ0v) is 9.18. The summed E-state index contributed by atoms with van der Waals surface area (Å²) in [6, 6.07) is 5.62. The lowest BCUT2D eigenvalue weighted by Gasteiger charge is -2.01. The summed E-state index contributed by atoms with van der Waals surface area (Å²) in [6.07, 6.45) is 1.01. The smallest absolute Gasteiger partial charge is 0.207 e. The van der Waals surface area contributed by atoms with Gasteiger partial charge in [-0.3, -0.25) is 0 Å². The van der Waals surface area contributed by atoms with E-state index in [1.807, 2.05) is 4.83 Å². The van der Waals surface area contributed by atoms with E-state index in [1.54, 1.807) is 6.92 Å². The predicted octanol–water partition coefficient (Wildman–Crippen LogP) is 1.10. The predicted molar refractivity (Wildman–Crippen MR) is 56.6 cm³/mol. The first-order chi connectivity index (χ1) is 6.88. The molecule has 6 heteroatoms. The van der Waals surface area contributed by atoms with Crippen molar-refractivity contribution < 1.29 is 12.8 Å². The van der Waals surface area contributed by atoms with Crippen LogP contribution >= 0.6 is 0 Å². The number of halogens is 1. The molecule has 0 saturated heterocycles. The minimum atomic E-state index is -3.35. The van der Waals surface area contributed by atoms with Crippen molar-refractivity contribution in [2.75, 3.05) is 6.26 Å². The Hall–Kier alpha value is -1.43. The fraction of sp³-hybridized carbons (Fsp3) is 0.222. The molecule has 0 aromatic heterocycles. The van der Waals surface area contributed by atoms with Gasteiger partial charge in [-0.1, -0.05) is 12.1 Å². The molecule has 0 spiro atoms. The SMILES string of the molecule is C/C(=N\NS(C)(=O)=O)c1ccc(F)cc1. The van der Waals surface area contributed by atoms with Crippen LogP contribution in [0.4, 0.5) is 4.39 Å². The molecule has 0 aliphatic heterocycles. The Morgan fingerprint density at radius 3 is 2.33 bits per heavy atom. The van der Waals surface area contributed by atoms with Crippen LogP contribution in [0.3, 0.4) is 0 Å². The molecule has 0 unspecified atom stereocenters. The van der Waals surface area contributed by atoms with E-state index in [2.05, 4.69) is 5.10 Å². The molecule has 0 atom stereocenters. The van der Waals surface area contributed by atoms with Gasteiger partial charge in [-0.2, -0.15) is 5.10 Å². The number of hydrazone groups is 1. The zero-order chi connectivity index (χ0) is 11.5. The fourth-order valence-corrected chi connectivity index (χ4v) is 1.21. The second-order valence-corrected chi connectivity index (χ2v) is 4.79. The Morgan fingerprint density at radius 1 is 1.33 bits per heavy atom. The summed E-state index contributed by atoms with van der Waals surface area (Å²) in [6.45, 7) is 1.63. The van der Waals surface area contributed by atoms with Crippen molar-refractivity contribution in [3.8, 4) is 0 Å². The molecule has 1 rings (SSSR count). The molecule has 0 radical (unpaired) electrons. The summed E-state index contributed by atoms with van der Waals surface area (Å²) in [5, 5.41) is 3.65. The highest BCUT2D eigenvalue weighted by Gasteiger charge is 2.00. The van der Waals surface area contributed by atoms with Crippen molar-refractivity contribution in [1.29, 1.82) is 0 Å². The molecule has 0 fully saturated rings. The van der Waals surface area contributed by atoms with Crippen molar-refractivity contribution in [3.05, 3.63) is 35.6 Å². The van der Waals surface area contributed by atoms with E-state index < -0.39 is 10.0 Å². The lowest BCUT2D eigenvalue weighted by Crippen LogP contribution is -2.17. The average Bonchev–Trinajstić information content (AvgIpc) is 2.14. The average molecular weight is 230 g/mol. The van der Waals surface area contributed by atoms with Crippen molar-refractivity contribution in [2.45, 2.75) is 6.92 Å². The molecule has 4 nitrogen and oxygen atoms in total. The van der Waals surface area contributed by atoms with Gasteiger partial charge in [0.05, 0.1) is 12.0 Å². The lowest BCUT2D eigenvalue weighted by molar-refractivity contribution is 0.590. The molecule has 15 heavy (non-hydrogen) atoms. The summed E-state index contributed by atoms with van der Waals surface area (Å²) in [7, 11) is -3.35. The van der Waals surface area contributed by atoms with Crippen LogP contribution in [0.5, 0.6) is 0 Å². The molecule has 1 aromatic carbocycles. The highest BCUT2D eigenvalue weighted by atomic mass is 32.2. The van der Waals surface area contributed by atoms with E-state index in [-0.39, 0.29) is 5.82 Å². The second-order valence-electron chi connectivity index (χ2n) is 3.07. The number of hydrogen-bond acceptors (Lipinski definition) is 3. The summed E-state index contributed by atoms with van der Waals surface area (Å²) in [4.78, 5) is 2.00. The Kier molecular flexibility index (Phi) is 3.41. The van der Waals surface area contributed by atoms with E-state index in [0.29, 0.717) is 11.3 Å². The number of nitrogens with one attached hydrogen (secondary N) is 1. The minimum absolute atomic E-state index is 0.345. The van der Waals surface area contributed by atoms with Crippen LogP contribution in [0.25, 0.3) is 0 Å². The van der Waals surface area contributed by atoms with Crippen molar-refractivity contribution in [3.63, 3.8) is 0 Å². The Bertz CT molecular complexity index is 465.